The second-order valence-electron chi connectivity index (χ2n) is 12.7. The van der Waals surface area contributed by atoms with Crippen LogP contribution in [-0.4, -0.2) is 133 Å². The van der Waals surface area contributed by atoms with Crippen LogP contribution in [0.15, 0.2) is 30.3 Å². The standard InChI is InChI=1S/C31H48N2O8SSeSi/c1-32-20-27(35)33-24(29(40-22-38-16-15-37-2)25(21-34)43-23-11-7-6-8-12-23)19-26(41-28-13-9-10-14-39-28)31(33,30(32)36)42-17-18-44(3,4)5/h6-8,11-12,21,24-26,28-29H,9-10,13-20,22H2,1-5H3/t24-,25?,26-,28?,29+,31+/m0/s1. The Labute approximate surface area is 273 Å². The number of methoxy groups -OCH3 is 1. The van der Waals surface area contributed by atoms with E-state index in [1.807, 2.05) is 30.3 Å². The molecule has 10 nitrogen and oxygen atoms in total. The summed E-state index contributed by atoms with van der Waals surface area (Å²) in [6.07, 6.45) is 2.19. The first-order valence-corrected chi connectivity index (χ1v) is 22.0. The van der Waals surface area contributed by atoms with E-state index in [9.17, 15) is 14.4 Å². The Kier molecular flexibility index (Phi) is 13.3. The molecule has 0 spiro atoms. The molecule has 0 radical (unpaired) electrons. The van der Waals surface area contributed by atoms with Gasteiger partial charge in [-0.1, -0.05) is 0 Å². The van der Waals surface area contributed by atoms with Gasteiger partial charge in [0.05, 0.1) is 0 Å². The number of benzene rings is 1. The molecule has 1 aromatic rings. The molecule has 2 unspecified atom stereocenters. The summed E-state index contributed by atoms with van der Waals surface area (Å²) in [6, 6.07) is 10.3. The Morgan fingerprint density at radius 1 is 1.18 bits per heavy atom. The Balaban J connectivity index is 1.73. The molecule has 3 aliphatic heterocycles. The van der Waals surface area contributed by atoms with E-state index in [-0.39, 0.29) is 40.1 Å². The van der Waals surface area contributed by atoms with Gasteiger partial charge in [-0.25, -0.2) is 0 Å². The van der Waals surface area contributed by atoms with E-state index in [1.165, 1.54) is 16.7 Å². The Hall–Kier alpha value is -1.28. The normalized spacial score (nSPS) is 27.3. The van der Waals surface area contributed by atoms with E-state index in [4.69, 9.17) is 23.7 Å². The van der Waals surface area contributed by atoms with Crippen molar-refractivity contribution in [3.63, 3.8) is 0 Å². The summed E-state index contributed by atoms with van der Waals surface area (Å²) in [7, 11) is 1.83. The van der Waals surface area contributed by atoms with E-state index >= 15 is 0 Å². The summed E-state index contributed by atoms with van der Waals surface area (Å²) >= 11 is 1.22. The topological polar surface area (TPSA) is 104 Å². The van der Waals surface area contributed by atoms with E-state index in [0.717, 1.165) is 36.1 Å². The molecule has 4 rings (SSSR count). The number of aldehydes is 1. The van der Waals surface area contributed by atoms with Gasteiger partial charge in [0.1, 0.15) is 0 Å². The fraction of sp³-hybridized carbons (Fsp3) is 0.710. The summed E-state index contributed by atoms with van der Waals surface area (Å²) in [5.74, 6) is 0.403. The minimum atomic E-state index is -1.45. The van der Waals surface area contributed by atoms with Crippen LogP contribution >= 0.6 is 11.8 Å². The maximum absolute atomic E-state index is 14.4. The van der Waals surface area contributed by atoms with Gasteiger partial charge in [-0.2, -0.15) is 0 Å². The van der Waals surface area contributed by atoms with Gasteiger partial charge >= 0.3 is 274 Å². The fourth-order valence-corrected chi connectivity index (χ4v) is 12.3. The predicted octanol–water partition coefficient (Wildman–Crippen LogP) is 2.76. The Morgan fingerprint density at radius 3 is 2.61 bits per heavy atom. The number of carbonyl (C=O) groups excluding carboxylic acids is 3. The summed E-state index contributed by atoms with van der Waals surface area (Å²) in [4.78, 5) is 42.7. The van der Waals surface area contributed by atoms with Crippen LogP contribution in [-0.2, 0) is 38.1 Å². The first-order valence-electron chi connectivity index (χ1n) is 15.4. The van der Waals surface area contributed by atoms with Crippen molar-refractivity contribution in [2.45, 2.75) is 85.6 Å². The van der Waals surface area contributed by atoms with Gasteiger partial charge in [-0.15, -0.1) is 0 Å². The molecule has 246 valence electrons. The van der Waals surface area contributed by atoms with Gasteiger partial charge in [0.15, 0.2) is 0 Å². The number of piperazine rings is 1. The van der Waals surface area contributed by atoms with E-state index in [0.29, 0.717) is 32.0 Å². The number of nitrogens with zero attached hydrogens (tertiary/aromatic N) is 2. The molecule has 6 atom stereocenters. The van der Waals surface area contributed by atoms with Crippen molar-refractivity contribution in [2.24, 2.45) is 0 Å². The minimum absolute atomic E-state index is 0.0368. The molecule has 3 saturated heterocycles. The number of likely N-dealkylation sites (N-methyl/N-ethyl adjacent to an activating group) is 1. The molecule has 44 heavy (non-hydrogen) atoms. The number of rotatable bonds is 17. The molecular formula is C31H48N2O8SSeSi. The van der Waals surface area contributed by atoms with E-state index in [1.54, 1.807) is 19.1 Å². The SMILES string of the molecule is COCCOCO[C@@H](C(C=O)[Se]c1ccccc1)[C@@H]1C[C@H](OC2CCCCO2)[C@@]2(SCC[Si](C)(C)C)C(=O)N(C)CC(=O)N12. The third kappa shape index (κ3) is 8.74. The second kappa shape index (κ2) is 16.5. The monoisotopic (exact) mass is 716 g/mol. The van der Waals surface area contributed by atoms with E-state index < -0.39 is 42.3 Å². The zero-order valence-corrected chi connectivity index (χ0v) is 30.1. The van der Waals surface area contributed by atoms with Crippen LogP contribution in [0.5, 0.6) is 0 Å². The number of ether oxygens (including phenoxy) is 5. The van der Waals surface area contributed by atoms with Gasteiger partial charge in [-0.05, 0) is 0 Å². The number of hydrogen-bond acceptors (Lipinski definition) is 9. The molecule has 2 amide bonds. The van der Waals surface area contributed by atoms with Crippen LogP contribution in [0.25, 0.3) is 0 Å². The van der Waals surface area contributed by atoms with Gasteiger partial charge in [0.25, 0.3) is 0 Å². The average molecular weight is 716 g/mol. The van der Waals surface area contributed by atoms with Crippen molar-refractivity contribution in [1.82, 2.24) is 9.80 Å². The van der Waals surface area contributed by atoms with Crippen molar-refractivity contribution in [3.05, 3.63) is 30.3 Å². The van der Waals surface area contributed by atoms with Gasteiger partial charge in [0.2, 0.25) is 0 Å². The molecular weight excluding hydrogens is 667 g/mol. The summed E-state index contributed by atoms with van der Waals surface area (Å²) in [5, 5.41) is 0. The number of amides is 2. The molecule has 3 heterocycles. The van der Waals surface area contributed by atoms with Crippen LogP contribution in [0.1, 0.15) is 25.7 Å². The Bertz CT molecular complexity index is 1090. The molecule has 0 bridgehead atoms. The molecule has 0 saturated carbocycles. The molecule has 3 aliphatic rings. The maximum atomic E-state index is 14.4. The van der Waals surface area contributed by atoms with Crippen LogP contribution in [0, 0.1) is 0 Å². The van der Waals surface area contributed by atoms with Crippen LogP contribution in [0.4, 0.5) is 0 Å². The quantitative estimate of drug-likeness (QED) is 0.104. The second-order valence-corrected chi connectivity index (χ2v) is 22.3. The molecule has 0 N–H and O–H groups in total. The molecule has 13 heteroatoms. The third-order valence-corrected chi connectivity index (χ3v) is 14.2. The zero-order valence-electron chi connectivity index (χ0n) is 26.6. The van der Waals surface area contributed by atoms with Crippen molar-refractivity contribution >= 4 is 57.4 Å². The van der Waals surface area contributed by atoms with Crippen LogP contribution in [0.3, 0.4) is 0 Å². The number of hydrogen-bond donors (Lipinski definition) is 0. The van der Waals surface area contributed by atoms with Gasteiger partial charge < -0.3 is 0 Å². The fourth-order valence-electron chi connectivity index (χ4n) is 5.87. The summed E-state index contributed by atoms with van der Waals surface area (Å²) in [5.41, 5.74) is 0. The van der Waals surface area contributed by atoms with Crippen molar-refractivity contribution in [2.75, 3.05) is 53.1 Å². The predicted molar refractivity (Wildman–Crippen MR) is 174 cm³/mol. The average Bonchev–Trinajstić information content (AvgIpc) is 3.32. The zero-order chi connectivity index (χ0) is 31.7. The van der Waals surface area contributed by atoms with Gasteiger partial charge in [-0.3, -0.25) is 0 Å². The number of thioether (sulfide) groups is 1. The third-order valence-electron chi connectivity index (χ3n) is 8.13. The number of fused-ring (bicyclic) bond motifs is 1. The molecule has 0 aliphatic carbocycles. The van der Waals surface area contributed by atoms with Crippen LogP contribution in [0.2, 0.25) is 30.5 Å². The van der Waals surface area contributed by atoms with E-state index in [2.05, 4.69) is 19.6 Å². The molecule has 3 fully saturated rings. The Morgan fingerprint density at radius 2 is 1.95 bits per heavy atom. The first kappa shape index (κ1) is 35.6. The van der Waals surface area contributed by atoms with Crippen molar-refractivity contribution in [3.8, 4) is 0 Å². The molecule has 1 aromatic carbocycles. The van der Waals surface area contributed by atoms with Crippen LogP contribution < -0.4 is 4.46 Å². The number of carbonyl (C=O) groups is 3. The summed E-state index contributed by atoms with van der Waals surface area (Å²) < 4.78 is 30.9. The van der Waals surface area contributed by atoms with Crippen molar-refractivity contribution in [1.29, 1.82) is 0 Å². The van der Waals surface area contributed by atoms with Crippen molar-refractivity contribution < 1.29 is 38.1 Å². The molecule has 0 aromatic heterocycles. The summed E-state index contributed by atoms with van der Waals surface area (Å²) in [6.45, 7) is 8.14. The first-order chi connectivity index (χ1) is 21.1. The van der Waals surface area contributed by atoms with Gasteiger partial charge in [0, 0.05) is 0 Å².